The van der Waals surface area contributed by atoms with E-state index in [-0.39, 0.29) is 13.0 Å². The van der Waals surface area contributed by atoms with Crippen molar-refractivity contribution in [3.63, 3.8) is 0 Å². The zero-order chi connectivity index (χ0) is 14.0. The van der Waals surface area contributed by atoms with Gasteiger partial charge in [0.25, 0.3) is 0 Å². The van der Waals surface area contributed by atoms with Gasteiger partial charge < -0.3 is 26.2 Å². The third kappa shape index (κ3) is 8.41. The highest BCUT2D eigenvalue weighted by atomic mass is 16.4. The van der Waals surface area contributed by atoms with Crippen molar-refractivity contribution in [1.82, 2.24) is 0 Å². The van der Waals surface area contributed by atoms with Crippen molar-refractivity contribution in [3.8, 4) is 0 Å². The zero-order valence-electron chi connectivity index (χ0n) is 10.7. The molecule has 6 N–H and O–H groups in total. The molecule has 0 spiro atoms. The molecule has 6 nitrogen and oxygen atoms in total. The Balaban J connectivity index is 0.000000331. The number of hydrogen-bond acceptors (Lipinski definition) is 5. The SMILES string of the molecule is NCCCCC(=O)O.OC[C@@]1(O)CCCC(O)C1. The molecule has 1 aliphatic carbocycles. The van der Waals surface area contributed by atoms with Crippen LogP contribution in [-0.2, 0) is 4.79 Å². The van der Waals surface area contributed by atoms with Crippen LogP contribution in [0.1, 0.15) is 44.9 Å². The quantitative estimate of drug-likeness (QED) is 0.439. The van der Waals surface area contributed by atoms with Crippen LogP contribution in [0.15, 0.2) is 0 Å². The second-order valence-electron chi connectivity index (χ2n) is 4.77. The largest absolute Gasteiger partial charge is 0.481 e. The van der Waals surface area contributed by atoms with E-state index in [2.05, 4.69) is 0 Å². The number of carboxylic acids is 1. The smallest absolute Gasteiger partial charge is 0.303 e. The van der Waals surface area contributed by atoms with Gasteiger partial charge in [-0.15, -0.1) is 0 Å². The van der Waals surface area contributed by atoms with Gasteiger partial charge in [0.1, 0.15) is 0 Å². The summed E-state index contributed by atoms with van der Waals surface area (Å²) in [4.78, 5) is 9.83. The highest BCUT2D eigenvalue weighted by Crippen LogP contribution is 2.27. The Morgan fingerprint density at radius 2 is 2.06 bits per heavy atom. The Morgan fingerprint density at radius 3 is 2.44 bits per heavy atom. The topological polar surface area (TPSA) is 124 Å². The number of hydrogen-bond donors (Lipinski definition) is 5. The molecule has 0 bridgehead atoms. The van der Waals surface area contributed by atoms with Gasteiger partial charge in [0.2, 0.25) is 0 Å². The molecule has 0 saturated heterocycles. The summed E-state index contributed by atoms with van der Waals surface area (Å²) >= 11 is 0. The lowest BCUT2D eigenvalue weighted by atomic mass is 9.84. The predicted molar refractivity (Wildman–Crippen MR) is 67.1 cm³/mol. The van der Waals surface area contributed by atoms with Crippen molar-refractivity contribution in [2.45, 2.75) is 56.7 Å². The van der Waals surface area contributed by atoms with E-state index in [4.69, 9.17) is 21.1 Å². The number of carbonyl (C=O) groups is 1. The maximum absolute atomic E-state index is 9.83. The van der Waals surface area contributed by atoms with E-state index in [9.17, 15) is 9.90 Å². The maximum Gasteiger partial charge on any atom is 0.303 e. The summed E-state index contributed by atoms with van der Waals surface area (Å²) in [5.74, 6) is -0.738. The van der Waals surface area contributed by atoms with E-state index in [1.807, 2.05) is 0 Å². The van der Waals surface area contributed by atoms with Crippen molar-refractivity contribution in [3.05, 3.63) is 0 Å². The molecule has 0 aromatic rings. The van der Waals surface area contributed by atoms with Crippen LogP contribution in [0.4, 0.5) is 0 Å². The molecule has 0 amide bonds. The number of aliphatic hydroxyl groups excluding tert-OH is 2. The van der Waals surface area contributed by atoms with Gasteiger partial charge in [-0.25, -0.2) is 0 Å². The lowest BCUT2D eigenvalue weighted by molar-refractivity contribution is -0.137. The summed E-state index contributed by atoms with van der Waals surface area (Å²) in [5, 5.41) is 35.4. The molecule has 0 aromatic heterocycles. The number of nitrogens with two attached hydrogens (primary N) is 1. The second-order valence-corrected chi connectivity index (χ2v) is 4.77. The van der Waals surface area contributed by atoms with Crippen LogP contribution in [0, 0.1) is 0 Å². The van der Waals surface area contributed by atoms with E-state index < -0.39 is 17.7 Å². The summed E-state index contributed by atoms with van der Waals surface area (Å²) in [7, 11) is 0. The van der Waals surface area contributed by atoms with Gasteiger partial charge in [-0.1, -0.05) is 0 Å². The number of aliphatic hydroxyl groups is 3. The normalized spacial score (nSPS) is 27.2. The molecule has 108 valence electrons. The first-order valence-electron chi connectivity index (χ1n) is 6.36. The number of rotatable bonds is 5. The molecule has 2 atom stereocenters. The molecule has 18 heavy (non-hydrogen) atoms. The maximum atomic E-state index is 9.83. The Labute approximate surface area is 107 Å². The van der Waals surface area contributed by atoms with Crippen LogP contribution in [0.25, 0.3) is 0 Å². The Morgan fingerprint density at radius 1 is 1.39 bits per heavy atom. The first kappa shape index (κ1) is 17.3. The van der Waals surface area contributed by atoms with Crippen molar-refractivity contribution >= 4 is 5.97 Å². The molecule has 1 aliphatic rings. The minimum Gasteiger partial charge on any atom is -0.481 e. The third-order valence-electron chi connectivity index (χ3n) is 2.93. The first-order valence-corrected chi connectivity index (χ1v) is 6.36. The fourth-order valence-electron chi connectivity index (χ4n) is 1.87. The van der Waals surface area contributed by atoms with Gasteiger partial charge in [-0.05, 0) is 38.6 Å². The van der Waals surface area contributed by atoms with Crippen molar-refractivity contribution < 1.29 is 25.2 Å². The molecule has 1 saturated carbocycles. The highest BCUT2D eigenvalue weighted by molar-refractivity contribution is 5.66. The van der Waals surface area contributed by atoms with Crippen molar-refractivity contribution in [1.29, 1.82) is 0 Å². The van der Waals surface area contributed by atoms with Gasteiger partial charge in [-0.2, -0.15) is 0 Å². The monoisotopic (exact) mass is 263 g/mol. The van der Waals surface area contributed by atoms with Crippen molar-refractivity contribution in [2.75, 3.05) is 13.2 Å². The molecule has 1 rings (SSSR count). The average molecular weight is 263 g/mol. The zero-order valence-corrected chi connectivity index (χ0v) is 10.7. The molecule has 6 heteroatoms. The van der Waals surface area contributed by atoms with Crippen LogP contribution in [0.3, 0.4) is 0 Å². The molecule has 0 aliphatic heterocycles. The van der Waals surface area contributed by atoms with Gasteiger partial charge >= 0.3 is 5.97 Å². The summed E-state index contributed by atoms with van der Waals surface area (Å²) in [5.41, 5.74) is 4.12. The van der Waals surface area contributed by atoms with Crippen molar-refractivity contribution in [2.24, 2.45) is 5.73 Å². The standard InChI is InChI=1S/C7H14O3.C5H11NO2/c8-5-7(10)3-1-2-6(9)4-7;6-4-2-1-3-5(7)8/h6,8-10H,1-5H2;1-4,6H2,(H,7,8)/t6?,7-;/m1./s1. The average Bonchev–Trinajstić information content (AvgIpc) is 2.29. The molecule has 0 heterocycles. The minimum absolute atomic E-state index is 0.232. The Hall–Kier alpha value is -0.690. The second kappa shape index (κ2) is 9.27. The van der Waals surface area contributed by atoms with Crippen LogP contribution in [0.2, 0.25) is 0 Å². The number of unbranched alkanes of at least 4 members (excludes halogenated alkanes) is 1. The molecule has 0 radical (unpaired) electrons. The van der Waals surface area contributed by atoms with Gasteiger partial charge in [0, 0.05) is 12.8 Å². The summed E-state index contributed by atoms with van der Waals surface area (Å²) in [6.45, 7) is 0.358. The van der Waals surface area contributed by atoms with Gasteiger partial charge in [-0.3, -0.25) is 4.79 Å². The number of aliphatic carboxylic acids is 1. The highest BCUT2D eigenvalue weighted by Gasteiger charge is 2.32. The fourth-order valence-corrected chi connectivity index (χ4v) is 1.87. The van der Waals surface area contributed by atoms with Gasteiger partial charge in [0.05, 0.1) is 18.3 Å². The molecule has 0 aromatic carbocycles. The number of carboxylic acid groups (broad SMARTS) is 1. The van der Waals surface area contributed by atoms with Crippen LogP contribution >= 0.6 is 0 Å². The third-order valence-corrected chi connectivity index (χ3v) is 2.93. The first-order chi connectivity index (χ1) is 8.43. The predicted octanol–water partition coefficient (Wildman–Crippen LogP) is -0.155. The van der Waals surface area contributed by atoms with E-state index in [1.165, 1.54) is 0 Å². The summed E-state index contributed by atoms with van der Waals surface area (Å²) in [6.07, 6.45) is 3.82. The summed E-state index contributed by atoms with van der Waals surface area (Å²) in [6, 6.07) is 0. The Kier molecular flexibility index (Phi) is 8.91. The fraction of sp³-hybridized carbons (Fsp3) is 0.917. The Bertz CT molecular complexity index is 237. The lowest BCUT2D eigenvalue weighted by Crippen LogP contribution is -2.40. The van der Waals surface area contributed by atoms with E-state index in [0.717, 1.165) is 19.3 Å². The van der Waals surface area contributed by atoms with Gasteiger partial charge in [0.15, 0.2) is 0 Å². The lowest BCUT2D eigenvalue weighted by Gasteiger charge is -2.32. The molecular formula is C12H25NO5. The molecule has 1 fully saturated rings. The summed E-state index contributed by atoms with van der Waals surface area (Å²) < 4.78 is 0. The van der Waals surface area contributed by atoms with Crippen LogP contribution in [-0.4, -0.2) is 51.3 Å². The van der Waals surface area contributed by atoms with E-state index in [1.54, 1.807) is 0 Å². The molecular weight excluding hydrogens is 238 g/mol. The van der Waals surface area contributed by atoms with Crippen LogP contribution < -0.4 is 5.73 Å². The van der Waals surface area contributed by atoms with E-state index in [0.29, 0.717) is 25.8 Å². The van der Waals surface area contributed by atoms with Crippen LogP contribution in [0.5, 0.6) is 0 Å². The molecule has 1 unspecified atom stereocenters. The van der Waals surface area contributed by atoms with E-state index >= 15 is 0 Å². The minimum atomic E-state index is -1.00.